The van der Waals surface area contributed by atoms with Crippen LogP contribution in [0.15, 0.2) is 21.9 Å². The molecule has 0 unspecified atom stereocenters. The SMILES string of the molecule is CCNC(=NCCn1cnnc1CC)N1CCN(Cc2cc(C)on2)CC1.I. The van der Waals surface area contributed by atoms with Crippen LogP contribution in [-0.2, 0) is 19.5 Å². The van der Waals surface area contributed by atoms with Crippen LogP contribution >= 0.6 is 24.0 Å². The van der Waals surface area contributed by atoms with Crippen LogP contribution in [0.5, 0.6) is 0 Å². The topological polar surface area (TPSA) is 87.6 Å². The van der Waals surface area contributed by atoms with Crippen LogP contribution in [0.3, 0.4) is 0 Å². The quantitative estimate of drug-likeness (QED) is 0.349. The highest BCUT2D eigenvalue weighted by Crippen LogP contribution is 2.09. The average molecular weight is 502 g/mol. The fraction of sp³-hybridized carbons (Fsp3) is 0.667. The number of hydrogen-bond donors (Lipinski definition) is 1. The predicted octanol–water partition coefficient (Wildman–Crippen LogP) is 1.54. The minimum absolute atomic E-state index is 0. The fourth-order valence-electron chi connectivity index (χ4n) is 3.27. The maximum atomic E-state index is 5.16. The van der Waals surface area contributed by atoms with E-state index in [4.69, 9.17) is 9.52 Å². The van der Waals surface area contributed by atoms with Gasteiger partial charge in [-0.25, -0.2) is 0 Å². The van der Waals surface area contributed by atoms with Crippen molar-refractivity contribution in [3.63, 3.8) is 0 Å². The zero-order valence-electron chi connectivity index (χ0n) is 17.0. The number of halogens is 1. The second kappa shape index (κ2) is 11.3. The van der Waals surface area contributed by atoms with Gasteiger partial charge < -0.3 is 19.3 Å². The minimum atomic E-state index is 0. The molecule has 3 heterocycles. The molecule has 0 aromatic carbocycles. The van der Waals surface area contributed by atoms with Crippen LogP contribution in [0.1, 0.15) is 31.1 Å². The highest BCUT2D eigenvalue weighted by molar-refractivity contribution is 14.0. The number of aromatic nitrogens is 4. The zero-order chi connectivity index (χ0) is 19.1. The molecule has 2 aromatic heterocycles. The van der Waals surface area contributed by atoms with Crippen molar-refractivity contribution in [3.05, 3.63) is 29.7 Å². The minimum Gasteiger partial charge on any atom is -0.361 e. The molecule has 1 N–H and O–H groups in total. The van der Waals surface area contributed by atoms with Crippen LogP contribution in [0, 0.1) is 6.92 Å². The lowest BCUT2D eigenvalue weighted by Gasteiger charge is -2.36. The van der Waals surface area contributed by atoms with Crippen LogP contribution in [0.4, 0.5) is 0 Å². The van der Waals surface area contributed by atoms with E-state index in [1.54, 1.807) is 6.33 Å². The van der Waals surface area contributed by atoms with Gasteiger partial charge >= 0.3 is 0 Å². The number of aryl methyl sites for hydroxylation is 2. The van der Waals surface area contributed by atoms with Gasteiger partial charge in [-0.1, -0.05) is 12.1 Å². The van der Waals surface area contributed by atoms with Gasteiger partial charge in [0.25, 0.3) is 0 Å². The van der Waals surface area contributed by atoms with Crippen molar-refractivity contribution in [2.45, 2.75) is 40.3 Å². The first-order valence-electron chi connectivity index (χ1n) is 9.74. The Kier molecular flexibility index (Phi) is 9.16. The van der Waals surface area contributed by atoms with E-state index in [9.17, 15) is 0 Å². The largest absolute Gasteiger partial charge is 0.361 e. The molecule has 1 aliphatic heterocycles. The molecule has 3 rings (SSSR count). The van der Waals surface area contributed by atoms with Crippen molar-refractivity contribution in [1.29, 1.82) is 0 Å². The molecule has 10 heteroatoms. The Morgan fingerprint density at radius 1 is 1.25 bits per heavy atom. The monoisotopic (exact) mass is 502 g/mol. The van der Waals surface area contributed by atoms with E-state index < -0.39 is 0 Å². The summed E-state index contributed by atoms with van der Waals surface area (Å²) in [6.45, 7) is 13.2. The first-order chi connectivity index (χ1) is 13.2. The Morgan fingerprint density at radius 3 is 2.68 bits per heavy atom. The van der Waals surface area contributed by atoms with Crippen LogP contribution < -0.4 is 5.32 Å². The Morgan fingerprint density at radius 2 is 2.04 bits per heavy atom. The molecule has 0 spiro atoms. The van der Waals surface area contributed by atoms with Gasteiger partial charge in [-0.05, 0) is 13.8 Å². The van der Waals surface area contributed by atoms with Crippen molar-refractivity contribution in [2.24, 2.45) is 4.99 Å². The van der Waals surface area contributed by atoms with Gasteiger partial charge in [0, 0.05) is 58.3 Å². The fourth-order valence-corrected chi connectivity index (χ4v) is 3.27. The van der Waals surface area contributed by atoms with Crippen molar-refractivity contribution < 1.29 is 4.52 Å². The second-order valence-corrected chi connectivity index (χ2v) is 6.72. The number of guanidine groups is 1. The number of nitrogens with one attached hydrogen (secondary N) is 1. The predicted molar refractivity (Wildman–Crippen MR) is 119 cm³/mol. The van der Waals surface area contributed by atoms with Crippen molar-refractivity contribution in [1.82, 2.24) is 35.0 Å². The van der Waals surface area contributed by atoms with Crippen molar-refractivity contribution >= 4 is 29.9 Å². The lowest BCUT2D eigenvalue weighted by molar-refractivity contribution is 0.169. The molecule has 0 saturated carbocycles. The Hall–Kier alpha value is -1.69. The number of nitrogens with zero attached hydrogens (tertiary/aromatic N) is 7. The molecule has 9 nitrogen and oxygen atoms in total. The maximum Gasteiger partial charge on any atom is 0.194 e. The van der Waals surface area contributed by atoms with Gasteiger partial charge in [-0.15, -0.1) is 34.2 Å². The van der Waals surface area contributed by atoms with E-state index in [2.05, 4.69) is 48.9 Å². The molecule has 0 atom stereocenters. The van der Waals surface area contributed by atoms with E-state index in [0.29, 0.717) is 6.54 Å². The van der Waals surface area contributed by atoms with Gasteiger partial charge in [0.1, 0.15) is 17.9 Å². The molecule has 0 bridgehead atoms. The molecule has 0 amide bonds. The summed E-state index contributed by atoms with van der Waals surface area (Å²) in [7, 11) is 0. The Bertz CT molecular complexity index is 736. The second-order valence-electron chi connectivity index (χ2n) is 6.72. The standard InChI is InChI=1S/C18H30N8O.HI/c1-4-17-22-21-14-26(17)7-6-20-18(19-5-2)25-10-8-24(9-11-25)13-16-12-15(3)27-23-16;/h12,14H,4-11,13H2,1-3H3,(H,19,20);1H. The van der Waals surface area contributed by atoms with Crippen LogP contribution in [0.2, 0.25) is 0 Å². The van der Waals surface area contributed by atoms with Gasteiger partial charge in [0.2, 0.25) is 0 Å². The third kappa shape index (κ3) is 6.16. The van der Waals surface area contributed by atoms with E-state index in [-0.39, 0.29) is 24.0 Å². The van der Waals surface area contributed by atoms with E-state index >= 15 is 0 Å². The third-order valence-corrected chi connectivity index (χ3v) is 4.68. The van der Waals surface area contributed by atoms with E-state index in [1.165, 1.54) is 0 Å². The van der Waals surface area contributed by atoms with Gasteiger partial charge in [0.15, 0.2) is 5.96 Å². The molecule has 0 radical (unpaired) electrons. The van der Waals surface area contributed by atoms with Gasteiger partial charge in [-0.3, -0.25) is 9.89 Å². The van der Waals surface area contributed by atoms with Crippen LogP contribution in [-0.4, -0.2) is 74.9 Å². The van der Waals surface area contributed by atoms with Crippen molar-refractivity contribution in [3.8, 4) is 0 Å². The molecular weight excluding hydrogens is 471 g/mol. The molecule has 1 aliphatic rings. The maximum absolute atomic E-state index is 5.16. The Balaban J connectivity index is 0.00000280. The summed E-state index contributed by atoms with van der Waals surface area (Å²) >= 11 is 0. The number of aliphatic imine (C=N–C) groups is 1. The first-order valence-corrected chi connectivity index (χ1v) is 9.74. The zero-order valence-corrected chi connectivity index (χ0v) is 19.3. The molecular formula is C18H31IN8O. The van der Waals surface area contributed by atoms with E-state index in [1.807, 2.05) is 13.0 Å². The van der Waals surface area contributed by atoms with E-state index in [0.717, 1.165) is 75.5 Å². The lowest BCUT2D eigenvalue weighted by Crippen LogP contribution is -2.52. The molecule has 1 saturated heterocycles. The summed E-state index contributed by atoms with van der Waals surface area (Å²) in [6.07, 6.45) is 2.67. The summed E-state index contributed by atoms with van der Waals surface area (Å²) < 4.78 is 7.24. The van der Waals surface area contributed by atoms with Gasteiger partial charge in [0.05, 0.1) is 12.2 Å². The molecule has 1 fully saturated rings. The van der Waals surface area contributed by atoms with Crippen molar-refractivity contribution in [2.75, 3.05) is 39.3 Å². The lowest BCUT2D eigenvalue weighted by atomic mass is 10.3. The summed E-state index contributed by atoms with van der Waals surface area (Å²) in [5.41, 5.74) is 1.00. The third-order valence-electron chi connectivity index (χ3n) is 4.68. The summed E-state index contributed by atoms with van der Waals surface area (Å²) in [5, 5.41) is 15.6. The van der Waals surface area contributed by atoms with Gasteiger partial charge in [-0.2, -0.15) is 0 Å². The number of piperazine rings is 1. The highest BCUT2D eigenvalue weighted by atomic mass is 127. The molecule has 156 valence electrons. The number of rotatable bonds is 7. The molecule has 2 aromatic rings. The smallest absolute Gasteiger partial charge is 0.194 e. The summed E-state index contributed by atoms with van der Waals surface area (Å²) in [6, 6.07) is 2.01. The average Bonchev–Trinajstić information content (AvgIpc) is 3.30. The normalized spacial score (nSPS) is 15.5. The number of hydrogen-bond acceptors (Lipinski definition) is 6. The molecule has 0 aliphatic carbocycles. The summed E-state index contributed by atoms with van der Waals surface area (Å²) in [5.74, 6) is 2.86. The summed E-state index contributed by atoms with van der Waals surface area (Å²) in [4.78, 5) is 9.55. The highest BCUT2D eigenvalue weighted by Gasteiger charge is 2.20. The first kappa shape index (κ1) is 22.6. The van der Waals surface area contributed by atoms with Crippen LogP contribution in [0.25, 0.3) is 0 Å². The molecule has 28 heavy (non-hydrogen) atoms. The Labute approximate surface area is 183 Å².